The second kappa shape index (κ2) is 8.92. The van der Waals surface area contributed by atoms with Crippen LogP contribution < -0.4 is 4.74 Å². The van der Waals surface area contributed by atoms with Crippen molar-refractivity contribution in [2.75, 3.05) is 6.61 Å². The summed E-state index contributed by atoms with van der Waals surface area (Å²) in [5.74, 6) is 1.12. The van der Waals surface area contributed by atoms with Crippen molar-refractivity contribution in [1.82, 2.24) is 19.9 Å². The maximum atomic E-state index is 13.1. The number of carbonyl (C=O) groups excluding carboxylic acids is 1. The monoisotopic (exact) mass is 422 g/mol. The number of furan rings is 1. The van der Waals surface area contributed by atoms with Gasteiger partial charge in [0.2, 0.25) is 0 Å². The van der Waals surface area contributed by atoms with E-state index in [1.165, 1.54) is 18.6 Å². The number of hydrogen-bond acceptors (Lipinski definition) is 6. The van der Waals surface area contributed by atoms with Gasteiger partial charge >= 0.3 is 0 Å². The number of rotatable bonds is 7. The van der Waals surface area contributed by atoms with Crippen molar-refractivity contribution >= 4 is 28.4 Å². The van der Waals surface area contributed by atoms with Crippen LogP contribution in [0.2, 0.25) is 5.15 Å². The van der Waals surface area contributed by atoms with Crippen molar-refractivity contribution < 1.29 is 13.9 Å². The number of benzene rings is 1. The number of amides is 1. The van der Waals surface area contributed by atoms with Gasteiger partial charge in [-0.25, -0.2) is 9.97 Å². The number of fused-ring (bicyclic) bond motifs is 1. The third kappa shape index (κ3) is 4.41. The number of pyridine rings is 1. The van der Waals surface area contributed by atoms with Gasteiger partial charge in [-0.15, -0.1) is 0 Å². The van der Waals surface area contributed by atoms with Crippen molar-refractivity contribution in [1.29, 1.82) is 0 Å². The van der Waals surface area contributed by atoms with Gasteiger partial charge in [0.05, 0.1) is 31.1 Å². The Bertz CT molecular complexity index is 1150. The van der Waals surface area contributed by atoms with E-state index in [4.69, 9.17) is 20.8 Å². The maximum absolute atomic E-state index is 13.1. The lowest BCUT2D eigenvalue weighted by atomic mass is 10.1. The highest BCUT2D eigenvalue weighted by molar-refractivity contribution is 6.30. The lowest BCUT2D eigenvalue weighted by Gasteiger charge is -2.22. The van der Waals surface area contributed by atoms with Gasteiger partial charge in [0, 0.05) is 29.9 Å². The van der Waals surface area contributed by atoms with Crippen LogP contribution in [0, 0.1) is 0 Å². The highest BCUT2D eigenvalue weighted by atomic mass is 35.5. The molecule has 4 aromatic rings. The van der Waals surface area contributed by atoms with E-state index in [1.54, 1.807) is 17.2 Å². The second-order valence-electron chi connectivity index (χ2n) is 6.56. The van der Waals surface area contributed by atoms with E-state index >= 15 is 0 Å². The first-order chi connectivity index (χ1) is 14.6. The molecule has 0 saturated heterocycles. The Hall–Kier alpha value is -3.45. The van der Waals surface area contributed by atoms with E-state index in [0.29, 0.717) is 23.1 Å². The van der Waals surface area contributed by atoms with Gasteiger partial charge in [-0.3, -0.25) is 9.78 Å². The molecular formula is C22H19ClN4O3. The average molecular weight is 423 g/mol. The van der Waals surface area contributed by atoms with Gasteiger partial charge in [0.15, 0.2) is 0 Å². The standard InChI is InChI=1S/C22H19ClN4O3/c1-2-29-17-5-6-19-15(11-17)10-16(21(23)26-19)13-27(14-18-4-3-9-30-18)22(28)20-12-24-7-8-25-20/h3-12H,2,13-14H2,1H3. The minimum atomic E-state index is -0.279. The summed E-state index contributed by atoms with van der Waals surface area (Å²) in [6, 6.07) is 11.1. The van der Waals surface area contributed by atoms with Crippen LogP contribution in [0.4, 0.5) is 0 Å². The predicted molar refractivity (Wildman–Crippen MR) is 112 cm³/mol. The quantitative estimate of drug-likeness (QED) is 0.407. The summed E-state index contributed by atoms with van der Waals surface area (Å²) < 4.78 is 11.0. The van der Waals surface area contributed by atoms with E-state index in [1.807, 2.05) is 37.3 Å². The van der Waals surface area contributed by atoms with Crippen LogP contribution in [0.25, 0.3) is 10.9 Å². The van der Waals surface area contributed by atoms with Gasteiger partial charge in [0.1, 0.15) is 22.4 Å². The molecule has 1 amide bonds. The minimum Gasteiger partial charge on any atom is -0.494 e. The molecule has 0 fully saturated rings. The van der Waals surface area contributed by atoms with E-state index in [0.717, 1.165) is 16.7 Å². The Kier molecular flexibility index (Phi) is 5.90. The zero-order valence-corrected chi connectivity index (χ0v) is 17.0. The molecule has 8 heteroatoms. The fraction of sp³-hybridized carbons (Fsp3) is 0.182. The molecule has 0 saturated carbocycles. The van der Waals surface area contributed by atoms with Crippen molar-refractivity contribution in [2.45, 2.75) is 20.0 Å². The molecule has 0 aliphatic rings. The number of nitrogens with zero attached hydrogens (tertiary/aromatic N) is 4. The maximum Gasteiger partial charge on any atom is 0.274 e. The highest BCUT2D eigenvalue weighted by Crippen LogP contribution is 2.26. The highest BCUT2D eigenvalue weighted by Gasteiger charge is 2.21. The first kappa shape index (κ1) is 19.8. The second-order valence-corrected chi connectivity index (χ2v) is 6.92. The van der Waals surface area contributed by atoms with E-state index < -0.39 is 0 Å². The largest absolute Gasteiger partial charge is 0.494 e. The van der Waals surface area contributed by atoms with E-state index in [2.05, 4.69) is 15.0 Å². The van der Waals surface area contributed by atoms with E-state index in [-0.39, 0.29) is 24.7 Å². The summed E-state index contributed by atoms with van der Waals surface area (Å²) in [4.78, 5) is 27.3. The lowest BCUT2D eigenvalue weighted by Crippen LogP contribution is -2.31. The fourth-order valence-electron chi connectivity index (χ4n) is 3.11. The molecule has 4 rings (SSSR count). The smallest absolute Gasteiger partial charge is 0.274 e. The van der Waals surface area contributed by atoms with Gasteiger partial charge in [-0.2, -0.15) is 0 Å². The van der Waals surface area contributed by atoms with Crippen LogP contribution in [0.5, 0.6) is 5.75 Å². The van der Waals surface area contributed by atoms with Gasteiger partial charge in [-0.05, 0) is 43.3 Å². The lowest BCUT2D eigenvalue weighted by molar-refractivity contribution is 0.0711. The molecule has 0 bridgehead atoms. The third-order valence-electron chi connectivity index (χ3n) is 4.48. The normalized spacial score (nSPS) is 10.9. The first-order valence-electron chi connectivity index (χ1n) is 9.43. The summed E-state index contributed by atoms with van der Waals surface area (Å²) in [5.41, 5.74) is 1.71. The van der Waals surface area contributed by atoms with Crippen molar-refractivity contribution in [3.63, 3.8) is 0 Å². The van der Waals surface area contributed by atoms with Crippen LogP contribution in [0.1, 0.15) is 28.7 Å². The third-order valence-corrected chi connectivity index (χ3v) is 4.81. The minimum absolute atomic E-state index is 0.233. The molecule has 0 N–H and O–H groups in total. The summed E-state index contributed by atoms with van der Waals surface area (Å²) >= 11 is 6.45. The molecular weight excluding hydrogens is 404 g/mol. The van der Waals surface area contributed by atoms with Crippen LogP contribution in [-0.4, -0.2) is 32.4 Å². The molecule has 0 spiro atoms. The first-order valence-corrected chi connectivity index (χ1v) is 9.81. The zero-order valence-electron chi connectivity index (χ0n) is 16.3. The Morgan fingerprint density at radius 2 is 2.10 bits per heavy atom. The molecule has 3 heterocycles. The van der Waals surface area contributed by atoms with Gasteiger partial charge in [-0.1, -0.05) is 11.6 Å². The SMILES string of the molecule is CCOc1ccc2nc(Cl)c(CN(Cc3ccco3)C(=O)c3cnccn3)cc2c1. The van der Waals surface area contributed by atoms with Crippen LogP contribution in [0.3, 0.4) is 0 Å². The zero-order chi connectivity index (χ0) is 20.9. The van der Waals surface area contributed by atoms with Crippen molar-refractivity contribution in [3.05, 3.63) is 83.4 Å². The van der Waals surface area contributed by atoms with Gasteiger partial charge in [0.25, 0.3) is 5.91 Å². The number of aromatic nitrogens is 3. The van der Waals surface area contributed by atoms with E-state index in [9.17, 15) is 4.79 Å². The number of carbonyl (C=O) groups is 1. The molecule has 0 atom stereocenters. The molecule has 30 heavy (non-hydrogen) atoms. The average Bonchev–Trinajstić information content (AvgIpc) is 3.27. The molecule has 1 aromatic carbocycles. The Morgan fingerprint density at radius 1 is 1.20 bits per heavy atom. The van der Waals surface area contributed by atoms with Crippen LogP contribution >= 0.6 is 11.6 Å². The Morgan fingerprint density at radius 3 is 2.83 bits per heavy atom. The van der Waals surface area contributed by atoms with Crippen LogP contribution in [0.15, 0.2) is 65.7 Å². The molecule has 0 radical (unpaired) electrons. The number of halogens is 1. The van der Waals surface area contributed by atoms with Crippen molar-refractivity contribution in [3.8, 4) is 5.75 Å². The Balaban J connectivity index is 1.68. The molecule has 0 aliphatic heterocycles. The summed E-state index contributed by atoms with van der Waals surface area (Å²) in [6.45, 7) is 3.00. The van der Waals surface area contributed by atoms with Crippen molar-refractivity contribution in [2.24, 2.45) is 0 Å². The van der Waals surface area contributed by atoms with Crippen LogP contribution in [-0.2, 0) is 13.1 Å². The summed E-state index contributed by atoms with van der Waals surface area (Å²) in [6.07, 6.45) is 6.01. The fourth-order valence-corrected chi connectivity index (χ4v) is 3.31. The molecule has 7 nitrogen and oxygen atoms in total. The molecule has 3 aromatic heterocycles. The molecule has 0 unspecified atom stereocenters. The number of hydrogen-bond donors (Lipinski definition) is 0. The van der Waals surface area contributed by atoms with Gasteiger partial charge < -0.3 is 14.1 Å². The Labute approximate surface area is 178 Å². The topological polar surface area (TPSA) is 81.4 Å². The summed E-state index contributed by atoms with van der Waals surface area (Å²) in [5, 5.41) is 1.22. The summed E-state index contributed by atoms with van der Waals surface area (Å²) in [7, 11) is 0. The predicted octanol–water partition coefficient (Wildman–Crippen LogP) is 4.51. The molecule has 0 aliphatic carbocycles. The molecule has 152 valence electrons. The number of ether oxygens (including phenoxy) is 1.